The second kappa shape index (κ2) is 12.8. The smallest absolute Gasteiger partial charge is 0.303 e. The van der Waals surface area contributed by atoms with Crippen molar-refractivity contribution in [1.82, 2.24) is 15.3 Å². The van der Waals surface area contributed by atoms with Crippen molar-refractivity contribution in [2.75, 3.05) is 11.9 Å². The first-order valence-corrected chi connectivity index (χ1v) is 11.4. The number of aryl methyl sites for hydroxylation is 1. The van der Waals surface area contributed by atoms with E-state index >= 15 is 0 Å². The minimum absolute atomic E-state index is 0.0857. The highest BCUT2D eigenvalue weighted by molar-refractivity contribution is 5.94. The van der Waals surface area contributed by atoms with Gasteiger partial charge in [0.2, 0.25) is 11.8 Å². The third-order valence-corrected chi connectivity index (χ3v) is 5.17. The maximum absolute atomic E-state index is 12.3. The molecule has 36 heavy (non-hydrogen) atoms. The maximum Gasteiger partial charge on any atom is 0.303 e. The number of carbonyl (C=O) groups excluding carboxylic acids is 1. The van der Waals surface area contributed by atoms with Crippen molar-refractivity contribution in [3.63, 3.8) is 0 Å². The van der Waals surface area contributed by atoms with Crippen molar-refractivity contribution in [3.05, 3.63) is 76.0 Å². The Balaban J connectivity index is 1.53. The van der Waals surface area contributed by atoms with Crippen LogP contribution in [-0.2, 0) is 4.79 Å². The molecule has 3 rings (SSSR count). The molecule has 0 spiro atoms. The lowest BCUT2D eigenvalue weighted by molar-refractivity contribution is -0.384. The van der Waals surface area contributed by atoms with Gasteiger partial charge in [-0.05, 0) is 50.1 Å². The number of aliphatic carboxylic acids is 1. The van der Waals surface area contributed by atoms with Crippen LogP contribution in [0.15, 0.2) is 54.7 Å². The topological polar surface area (TPSA) is 157 Å². The molecule has 11 heteroatoms. The Morgan fingerprint density at radius 3 is 2.56 bits per heavy atom. The molecular weight excluding hydrogens is 466 g/mol. The van der Waals surface area contributed by atoms with Crippen LogP contribution < -0.4 is 15.4 Å². The number of nitro benzene ring substituents is 1. The second-order valence-electron chi connectivity index (χ2n) is 8.05. The van der Waals surface area contributed by atoms with Gasteiger partial charge in [0.15, 0.2) is 0 Å². The highest BCUT2D eigenvalue weighted by Crippen LogP contribution is 2.27. The number of nitrogens with zero attached hydrogens (tertiary/aromatic N) is 3. The number of carbonyl (C=O) groups is 2. The molecule has 11 nitrogen and oxygen atoms in total. The molecule has 188 valence electrons. The van der Waals surface area contributed by atoms with Gasteiger partial charge in [-0.15, -0.1) is 0 Å². The fraction of sp³-hybridized carbons (Fsp3) is 0.280. The Hall–Kier alpha value is -4.54. The van der Waals surface area contributed by atoms with E-state index in [0.29, 0.717) is 29.8 Å². The van der Waals surface area contributed by atoms with E-state index in [4.69, 9.17) is 9.84 Å². The van der Waals surface area contributed by atoms with Crippen LogP contribution in [0, 0.1) is 17.0 Å². The number of unbranched alkanes of at least 4 members (excludes halogenated alkanes) is 3. The largest absolute Gasteiger partial charge is 0.481 e. The van der Waals surface area contributed by atoms with Crippen molar-refractivity contribution in [2.45, 2.75) is 39.0 Å². The van der Waals surface area contributed by atoms with Crippen LogP contribution in [0.4, 0.5) is 17.3 Å². The van der Waals surface area contributed by atoms with Gasteiger partial charge in [-0.1, -0.05) is 18.9 Å². The Bertz CT molecular complexity index is 1220. The van der Waals surface area contributed by atoms with E-state index < -0.39 is 10.9 Å². The highest BCUT2D eigenvalue weighted by Gasteiger charge is 2.11. The van der Waals surface area contributed by atoms with Crippen LogP contribution in [0.25, 0.3) is 0 Å². The van der Waals surface area contributed by atoms with E-state index in [9.17, 15) is 19.7 Å². The van der Waals surface area contributed by atoms with Gasteiger partial charge in [0.1, 0.15) is 5.75 Å². The average Bonchev–Trinajstić information content (AvgIpc) is 2.86. The lowest BCUT2D eigenvalue weighted by atomic mass is 10.1. The van der Waals surface area contributed by atoms with Crippen molar-refractivity contribution < 1.29 is 24.4 Å². The molecule has 0 saturated heterocycles. The van der Waals surface area contributed by atoms with Gasteiger partial charge < -0.3 is 20.5 Å². The number of non-ortho nitro benzene ring substituents is 1. The molecule has 0 fully saturated rings. The van der Waals surface area contributed by atoms with Crippen LogP contribution in [0.2, 0.25) is 0 Å². The summed E-state index contributed by atoms with van der Waals surface area (Å²) in [6.45, 7) is 2.29. The molecule has 0 radical (unpaired) electrons. The van der Waals surface area contributed by atoms with Gasteiger partial charge in [-0.2, -0.15) is 4.98 Å². The number of carboxylic acids is 1. The molecule has 0 aliphatic heterocycles. The van der Waals surface area contributed by atoms with Gasteiger partial charge in [0, 0.05) is 42.0 Å². The molecule has 0 bridgehead atoms. The number of amides is 1. The summed E-state index contributed by atoms with van der Waals surface area (Å²) in [7, 11) is 0. The highest BCUT2D eigenvalue weighted by atomic mass is 16.6. The fourth-order valence-electron chi connectivity index (χ4n) is 3.25. The summed E-state index contributed by atoms with van der Waals surface area (Å²) in [5, 5.41) is 25.5. The molecule has 2 aromatic carbocycles. The lowest BCUT2D eigenvalue weighted by Crippen LogP contribution is -2.24. The average molecular weight is 494 g/mol. The number of benzene rings is 2. The zero-order valence-corrected chi connectivity index (χ0v) is 19.8. The molecule has 3 N–H and O–H groups in total. The summed E-state index contributed by atoms with van der Waals surface area (Å²) in [6.07, 6.45) is 4.86. The number of ether oxygens (including phenoxy) is 1. The van der Waals surface area contributed by atoms with Gasteiger partial charge in [-0.25, -0.2) is 4.98 Å². The van der Waals surface area contributed by atoms with Crippen molar-refractivity contribution >= 4 is 29.2 Å². The normalized spacial score (nSPS) is 10.5. The van der Waals surface area contributed by atoms with E-state index in [1.54, 1.807) is 43.5 Å². The molecule has 0 aliphatic carbocycles. The predicted octanol–water partition coefficient (Wildman–Crippen LogP) is 4.99. The minimum atomic E-state index is -0.788. The first-order valence-electron chi connectivity index (χ1n) is 11.4. The van der Waals surface area contributed by atoms with Crippen LogP contribution >= 0.6 is 0 Å². The Kier molecular flexibility index (Phi) is 9.26. The van der Waals surface area contributed by atoms with Gasteiger partial charge in [-0.3, -0.25) is 19.7 Å². The van der Waals surface area contributed by atoms with E-state index in [0.717, 1.165) is 19.3 Å². The number of hydrogen-bond donors (Lipinski definition) is 3. The molecule has 1 amide bonds. The summed E-state index contributed by atoms with van der Waals surface area (Å²) >= 11 is 0. The zero-order chi connectivity index (χ0) is 25.9. The monoisotopic (exact) mass is 493 g/mol. The molecular formula is C25H27N5O6. The maximum atomic E-state index is 12.3. The standard InChI is InChI=1S/C25H27N5O6/c1-17-16-27-25(29-24(17)36-21-8-6-7-20(15-21)30(34)35)28-19-12-10-18(11-13-19)23(33)26-14-5-3-2-4-9-22(31)32/h6-8,10-13,15-16H,2-5,9,14H2,1H3,(H,26,33)(H,31,32)(H,27,28,29). The summed E-state index contributed by atoms with van der Waals surface area (Å²) in [5.41, 5.74) is 1.74. The molecule has 0 saturated carbocycles. The van der Waals surface area contributed by atoms with Gasteiger partial charge in [0.05, 0.1) is 11.0 Å². The third-order valence-electron chi connectivity index (χ3n) is 5.17. The summed E-state index contributed by atoms with van der Waals surface area (Å²) < 4.78 is 5.73. The van der Waals surface area contributed by atoms with Gasteiger partial charge >= 0.3 is 5.97 Å². The molecule has 0 atom stereocenters. The Morgan fingerprint density at radius 1 is 1.08 bits per heavy atom. The first kappa shape index (κ1) is 26.1. The van der Waals surface area contributed by atoms with E-state index in [1.807, 2.05) is 0 Å². The Labute approximate surface area is 207 Å². The SMILES string of the molecule is Cc1cnc(Nc2ccc(C(=O)NCCCCCCC(=O)O)cc2)nc1Oc1cccc([N+](=O)[O-])c1. The van der Waals surface area contributed by atoms with Crippen molar-refractivity contribution in [2.24, 2.45) is 0 Å². The molecule has 0 unspecified atom stereocenters. The van der Waals surface area contributed by atoms with Crippen LogP contribution in [0.1, 0.15) is 48.0 Å². The lowest BCUT2D eigenvalue weighted by Gasteiger charge is -2.10. The summed E-state index contributed by atoms with van der Waals surface area (Å²) in [4.78, 5) is 41.9. The second-order valence-corrected chi connectivity index (χ2v) is 8.05. The molecule has 1 heterocycles. The van der Waals surface area contributed by atoms with Crippen molar-refractivity contribution in [3.8, 4) is 11.6 Å². The first-order chi connectivity index (χ1) is 17.3. The number of aromatic nitrogens is 2. The van der Waals surface area contributed by atoms with E-state index in [-0.39, 0.29) is 35.6 Å². The number of rotatable bonds is 13. The van der Waals surface area contributed by atoms with Gasteiger partial charge in [0.25, 0.3) is 11.6 Å². The van der Waals surface area contributed by atoms with E-state index in [2.05, 4.69) is 20.6 Å². The quantitative estimate of drug-likeness (QED) is 0.169. The fourth-order valence-corrected chi connectivity index (χ4v) is 3.25. The van der Waals surface area contributed by atoms with Crippen LogP contribution in [-0.4, -0.2) is 38.4 Å². The zero-order valence-electron chi connectivity index (χ0n) is 19.8. The molecule has 0 aliphatic rings. The molecule has 1 aromatic heterocycles. The van der Waals surface area contributed by atoms with Crippen LogP contribution in [0.5, 0.6) is 11.6 Å². The summed E-state index contributed by atoms with van der Waals surface area (Å²) in [6, 6.07) is 12.6. The number of hydrogen-bond acceptors (Lipinski definition) is 8. The third kappa shape index (κ3) is 8.05. The predicted molar refractivity (Wildman–Crippen MR) is 133 cm³/mol. The molecule has 3 aromatic rings. The van der Waals surface area contributed by atoms with Crippen LogP contribution in [0.3, 0.4) is 0 Å². The van der Waals surface area contributed by atoms with E-state index in [1.165, 1.54) is 18.2 Å². The number of carboxylic acid groups (broad SMARTS) is 1. The minimum Gasteiger partial charge on any atom is -0.481 e. The Morgan fingerprint density at radius 2 is 1.83 bits per heavy atom. The number of nitro groups is 1. The number of anilines is 2. The summed E-state index contributed by atoms with van der Waals surface area (Å²) in [5.74, 6) is -0.170. The van der Waals surface area contributed by atoms with Crippen molar-refractivity contribution in [1.29, 1.82) is 0 Å². The number of nitrogens with one attached hydrogen (secondary N) is 2.